The van der Waals surface area contributed by atoms with Gasteiger partial charge in [0.05, 0.1) is 12.5 Å². The minimum atomic E-state index is -1.66. The van der Waals surface area contributed by atoms with Gasteiger partial charge in [-0.3, -0.25) is 14.4 Å². The third-order valence-corrected chi connectivity index (χ3v) is 6.35. The van der Waals surface area contributed by atoms with E-state index in [1.54, 1.807) is 42.5 Å². The highest BCUT2D eigenvalue weighted by molar-refractivity contribution is 9.10. The van der Waals surface area contributed by atoms with Crippen LogP contribution in [0, 0.1) is 10.8 Å². The maximum atomic E-state index is 13.6. The van der Waals surface area contributed by atoms with E-state index in [1.165, 1.54) is 7.11 Å². The minimum absolute atomic E-state index is 0.245. The summed E-state index contributed by atoms with van der Waals surface area (Å²) in [6.07, 6.45) is 0.307. The van der Waals surface area contributed by atoms with Crippen molar-refractivity contribution in [3.63, 3.8) is 0 Å². The van der Waals surface area contributed by atoms with Crippen LogP contribution in [0.5, 0.6) is 5.75 Å². The Morgan fingerprint density at radius 3 is 2.52 bits per heavy atom. The fraction of sp³-hybridized carbons (Fsp3) is 0.286. The van der Waals surface area contributed by atoms with E-state index in [9.17, 15) is 14.4 Å². The van der Waals surface area contributed by atoms with Gasteiger partial charge in [0.2, 0.25) is 0 Å². The van der Waals surface area contributed by atoms with Crippen LogP contribution in [-0.4, -0.2) is 24.8 Å². The summed E-state index contributed by atoms with van der Waals surface area (Å²) in [5.41, 5.74) is -1.76. The average molecular weight is 429 g/mol. The van der Waals surface area contributed by atoms with Crippen LogP contribution in [0.2, 0.25) is 0 Å². The van der Waals surface area contributed by atoms with Crippen LogP contribution in [0.4, 0.5) is 0 Å². The highest BCUT2D eigenvalue weighted by atomic mass is 79.9. The molecule has 5 nitrogen and oxygen atoms in total. The van der Waals surface area contributed by atoms with Crippen molar-refractivity contribution in [2.75, 3.05) is 7.11 Å². The molecule has 0 N–H and O–H groups in total. The van der Waals surface area contributed by atoms with Gasteiger partial charge in [-0.25, -0.2) is 0 Å². The largest absolute Gasteiger partial charge is 0.468 e. The van der Waals surface area contributed by atoms with Crippen LogP contribution in [0.15, 0.2) is 53.0 Å². The summed E-state index contributed by atoms with van der Waals surface area (Å²) >= 11 is 3.42. The first-order valence-electron chi connectivity index (χ1n) is 8.65. The summed E-state index contributed by atoms with van der Waals surface area (Å²) in [5.74, 6) is -1.94. The van der Waals surface area contributed by atoms with Crippen molar-refractivity contribution >= 4 is 33.7 Å². The van der Waals surface area contributed by atoms with Gasteiger partial charge < -0.3 is 9.47 Å². The summed E-state index contributed by atoms with van der Waals surface area (Å²) in [7, 11) is 1.23. The van der Waals surface area contributed by atoms with Crippen molar-refractivity contribution in [2.45, 2.75) is 19.3 Å². The molecule has 1 fully saturated rings. The number of benzene rings is 2. The fourth-order valence-electron chi connectivity index (χ4n) is 4.70. The van der Waals surface area contributed by atoms with Gasteiger partial charge in [-0.05, 0) is 24.6 Å². The first-order chi connectivity index (χ1) is 12.9. The molecule has 0 amide bonds. The average Bonchev–Trinajstić information content (AvgIpc) is 3.35. The van der Waals surface area contributed by atoms with Gasteiger partial charge in [0.15, 0.2) is 11.2 Å². The number of carbonyl (C=O) groups is 3. The molecule has 138 valence electrons. The van der Waals surface area contributed by atoms with E-state index < -0.39 is 28.7 Å². The zero-order valence-electron chi connectivity index (χ0n) is 14.8. The van der Waals surface area contributed by atoms with Crippen molar-refractivity contribution in [1.82, 2.24) is 0 Å². The van der Waals surface area contributed by atoms with Gasteiger partial charge in [0.25, 0.3) is 0 Å². The molecule has 0 saturated heterocycles. The second kappa shape index (κ2) is 6.02. The van der Waals surface area contributed by atoms with Crippen molar-refractivity contribution in [1.29, 1.82) is 0 Å². The molecule has 3 atom stereocenters. The summed E-state index contributed by atoms with van der Waals surface area (Å²) < 4.78 is 11.3. The SMILES string of the molecule is CC[C@]1(C(=O)c2ccccc2)[C@H]2c3cc(Br)ccc3OC(=O)[C@@]21C(=O)OC. The normalized spacial score (nSPS) is 27.8. The molecule has 1 aliphatic carbocycles. The zero-order valence-corrected chi connectivity index (χ0v) is 16.4. The maximum Gasteiger partial charge on any atom is 0.330 e. The molecule has 0 spiro atoms. The van der Waals surface area contributed by atoms with Gasteiger partial charge in [-0.15, -0.1) is 0 Å². The van der Waals surface area contributed by atoms with Crippen LogP contribution in [0.25, 0.3) is 0 Å². The summed E-state index contributed by atoms with van der Waals surface area (Å²) in [5, 5.41) is 0. The lowest BCUT2D eigenvalue weighted by atomic mass is 9.83. The Bertz CT molecular complexity index is 970. The van der Waals surface area contributed by atoms with E-state index in [0.29, 0.717) is 23.3 Å². The Kier molecular flexibility index (Phi) is 4.00. The monoisotopic (exact) mass is 428 g/mol. The first kappa shape index (κ1) is 17.9. The number of carbonyl (C=O) groups excluding carboxylic acids is 3. The number of Topliss-reactive ketones (excluding diaryl/α,β-unsaturated/α-hetero) is 1. The van der Waals surface area contributed by atoms with Gasteiger partial charge in [0.1, 0.15) is 5.75 Å². The predicted molar refractivity (Wildman–Crippen MR) is 100 cm³/mol. The number of methoxy groups -OCH3 is 1. The van der Waals surface area contributed by atoms with Gasteiger partial charge >= 0.3 is 11.9 Å². The number of ether oxygens (including phenoxy) is 2. The number of rotatable bonds is 4. The summed E-state index contributed by atoms with van der Waals surface area (Å²) in [6.45, 7) is 1.81. The Morgan fingerprint density at radius 1 is 1.19 bits per heavy atom. The van der Waals surface area contributed by atoms with Crippen LogP contribution in [-0.2, 0) is 14.3 Å². The Balaban J connectivity index is 1.97. The van der Waals surface area contributed by atoms with E-state index in [0.717, 1.165) is 4.47 Å². The van der Waals surface area contributed by atoms with Gasteiger partial charge in [-0.2, -0.15) is 0 Å². The molecular formula is C21H17BrO5. The van der Waals surface area contributed by atoms with E-state index in [4.69, 9.17) is 9.47 Å². The number of fused-ring (bicyclic) bond motifs is 3. The number of ketones is 1. The van der Waals surface area contributed by atoms with Crippen LogP contribution in [0.1, 0.15) is 35.2 Å². The van der Waals surface area contributed by atoms with Gasteiger partial charge in [-0.1, -0.05) is 53.2 Å². The number of halogens is 1. The number of esters is 2. The Morgan fingerprint density at radius 2 is 1.89 bits per heavy atom. The molecule has 0 bridgehead atoms. The molecule has 1 aliphatic heterocycles. The molecule has 6 heteroatoms. The van der Waals surface area contributed by atoms with Crippen molar-refractivity contribution in [2.24, 2.45) is 10.8 Å². The molecule has 2 aromatic carbocycles. The molecule has 0 aromatic heterocycles. The lowest BCUT2D eigenvalue weighted by Crippen LogP contribution is -2.40. The third-order valence-electron chi connectivity index (χ3n) is 5.86. The van der Waals surface area contributed by atoms with E-state index >= 15 is 0 Å². The van der Waals surface area contributed by atoms with Gasteiger partial charge in [0, 0.05) is 21.5 Å². The minimum Gasteiger partial charge on any atom is -0.468 e. The molecule has 1 heterocycles. The van der Waals surface area contributed by atoms with Crippen LogP contribution >= 0.6 is 15.9 Å². The highest BCUT2D eigenvalue weighted by Gasteiger charge is 2.90. The van der Waals surface area contributed by atoms with Crippen molar-refractivity contribution in [3.05, 3.63) is 64.1 Å². The topological polar surface area (TPSA) is 69.7 Å². The fourth-order valence-corrected chi connectivity index (χ4v) is 5.08. The second-order valence-corrected chi connectivity index (χ2v) is 7.74. The van der Waals surface area contributed by atoms with Crippen molar-refractivity contribution in [3.8, 4) is 5.75 Å². The lowest BCUT2D eigenvalue weighted by Gasteiger charge is -2.22. The lowest BCUT2D eigenvalue weighted by molar-refractivity contribution is -0.160. The second-order valence-electron chi connectivity index (χ2n) is 6.82. The smallest absolute Gasteiger partial charge is 0.330 e. The molecule has 2 aromatic rings. The molecular weight excluding hydrogens is 412 g/mol. The number of hydrogen-bond acceptors (Lipinski definition) is 5. The van der Waals surface area contributed by atoms with Crippen molar-refractivity contribution < 1.29 is 23.9 Å². The summed E-state index contributed by atoms with van der Waals surface area (Å²) in [4.78, 5) is 39.5. The molecule has 27 heavy (non-hydrogen) atoms. The third kappa shape index (κ3) is 2.07. The Labute approximate surface area is 164 Å². The number of hydrogen-bond donors (Lipinski definition) is 0. The maximum absolute atomic E-state index is 13.6. The van der Waals surface area contributed by atoms with Crippen LogP contribution < -0.4 is 4.74 Å². The molecule has 0 radical (unpaired) electrons. The standard InChI is InChI=1S/C21H17BrO5/c1-3-20(17(23)12-7-5-4-6-8-12)16-14-11-13(22)9-10-15(14)27-19(25)21(16,20)18(24)26-2/h4-11,16H,3H2,1-2H3/t16-,20-,21+/m1/s1. The van der Waals surface area contributed by atoms with E-state index in [2.05, 4.69) is 15.9 Å². The Hall–Kier alpha value is -2.47. The quantitative estimate of drug-likeness (QED) is 0.319. The zero-order chi connectivity index (χ0) is 19.4. The molecule has 0 unspecified atom stereocenters. The molecule has 2 aliphatic rings. The molecule has 4 rings (SSSR count). The van der Waals surface area contributed by atoms with Crippen LogP contribution in [0.3, 0.4) is 0 Å². The molecule has 1 saturated carbocycles. The summed E-state index contributed by atoms with van der Waals surface area (Å²) in [6, 6.07) is 14.0. The predicted octanol–water partition coefficient (Wildman–Crippen LogP) is 3.90. The van der Waals surface area contributed by atoms with E-state index in [-0.39, 0.29) is 5.78 Å². The first-order valence-corrected chi connectivity index (χ1v) is 9.44. The highest BCUT2D eigenvalue weighted by Crippen LogP contribution is 2.80. The van der Waals surface area contributed by atoms with E-state index in [1.807, 2.05) is 13.0 Å².